The maximum absolute atomic E-state index is 13.9. The lowest BCUT2D eigenvalue weighted by molar-refractivity contribution is -0.214. The van der Waals surface area contributed by atoms with E-state index in [0.717, 1.165) is 20.0 Å². The van der Waals surface area contributed by atoms with Gasteiger partial charge >= 0.3 is 24.5 Å². The van der Waals surface area contributed by atoms with E-state index >= 15 is 0 Å². The van der Waals surface area contributed by atoms with Crippen molar-refractivity contribution in [3.63, 3.8) is 0 Å². The van der Waals surface area contributed by atoms with Crippen molar-refractivity contribution < 1.29 is 55.3 Å². The zero-order valence-electron chi connectivity index (χ0n) is 26.7. The number of likely N-dealkylation sites (tertiary alicyclic amines) is 1. The Labute approximate surface area is 261 Å². The average molecular weight is 668 g/mol. The Morgan fingerprint density at radius 3 is 2.13 bits per heavy atom. The number of carbonyl (C=O) groups is 3. The lowest BCUT2D eigenvalue weighted by atomic mass is 9.85. The minimum atomic E-state index is -5.00. The summed E-state index contributed by atoms with van der Waals surface area (Å²) in [6.07, 6.45) is -12.9. The fourth-order valence-corrected chi connectivity index (χ4v) is 4.71. The minimum Gasteiger partial charge on any atom is -0.444 e. The lowest BCUT2D eigenvalue weighted by Crippen LogP contribution is -2.48. The van der Waals surface area contributed by atoms with E-state index in [1.807, 2.05) is 0 Å². The van der Waals surface area contributed by atoms with Crippen LogP contribution in [0.4, 0.5) is 35.9 Å². The number of rotatable bonds is 7. The van der Waals surface area contributed by atoms with E-state index in [1.165, 1.54) is 37.5 Å². The maximum Gasteiger partial charge on any atom is 0.417 e. The summed E-state index contributed by atoms with van der Waals surface area (Å²) in [6, 6.07) is -2.38. The topological polar surface area (TPSA) is 135 Å². The number of imide groups is 1. The lowest BCUT2D eigenvalue weighted by Gasteiger charge is -2.29. The number of fused-ring (bicyclic) bond motifs is 1. The average Bonchev–Trinajstić information content (AvgIpc) is 3.43. The van der Waals surface area contributed by atoms with E-state index in [4.69, 9.17) is 9.47 Å². The fraction of sp³-hybridized carbons (Fsp3) is 0.690. The Morgan fingerprint density at radius 1 is 1.02 bits per heavy atom. The van der Waals surface area contributed by atoms with Gasteiger partial charge in [0.05, 0.1) is 41.6 Å². The number of ether oxygens (including phenoxy) is 2. The molecule has 1 fully saturated rings. The number of carbonyl (C=O) groups excluding carboxylic acids is 3. The molecule has 3 rings (SSSR count). The highest BCUT2D eigenvalue weighted by Crippen LogP contribution is 2.43. The molecule has 3 heterocycles. The molecule has 4 atom stereocenters. The molecule has 0 bridgehead atoms. The van der Waals surface area contributed by atoms with Crippen molar-refractivity contribution in [1.82, 2.24) is 24.8 Å². The van der Waals surface area contributed by atoms with Gasteiger partial charge in [0, 0.05) is 5.56 Å². The summed E-state index contributed by atoms with van der Waals surface area (Å²) in [5.41, 5.74) is -4.22. The van der Waals surface area contributed by atoms with Gasteiger partial charge in [0.25, 0.3) is 0 Å². The third kappa shape index (κ3) is 8.79. The van der Waals surface area contributed by atoms with Crippen molar-refractivity contribution in [2.24, 2.45) is 11.3 Å². The molecule has 1 aliphatic heterocycles. The largest absolute Gasteiger partial charge is 0.444 e. The molecule has 0 aliphatic carbocycles. The molecule has 1 saturated heterocycles. The molecule has 258 valence electrons. The molecule has 11 nitrogen and oxygen atoms in total. The summed E-state index contributed by atoms with van der Waals surface area (Å²) in [4.78, 5) is 42.5. The van der Waals surface area contributed by atoms with Gasteiger partial charge in [0.15, 0.2) is 5.65 Å². The van der Waals surface area contributed by atoms with Crippen molar-refractivity contribution in [2.45, 2.75) is 116 Å². The molecular formula is C29H39F6N5O6. The zero-order valence-corrected chi connectivity index (χ0v) is 26.7. The maximum atomic E-state index is 13.9. The number of aliphatic hydroxyl groups excluding tert-OH is 1. The number of hydrogen-bond donors (Lipinski definition) is 2. The van der Waals surface area contributed by atoms with Crippen LogP contribution in [0.2, 0.25) is 0 Å². The zero-order chi connectivity index (χ0) is 35.2. The van der Waals surface area contributed by atoms with Crippen LogP contribution in [0, 0.1) is 11.3 Å². The highest BCUT2D eigenvalue weighted by Gasteiger charge is 2.58. The molecule has 1 aliphatic rings. The van der Waals surface area contributed by atoms with E-state index in [-0.39, 0.29) is 28.2 Å². The molecular weight excluding hydrogens is 628 g/mol. The molecule has 46 heavy (non-hydrogen) atoms. The molecule has 2 N–H and O–H groups in total. The Balaban J connectivity index is 1.93. The number of aromatic nitrogens is 3. The van der Waals surface area contributed by atoms with Crippen LogP contribution in [0.1, 0.15) is 98.1 Å². The van der Waals surface area contributed by atoms with Crippen LogP contribution in [0.15, 0.2) is 18.5 Å². The smallest absolute Gasteiger partial charge is 0.417 e. The van der Waals surface area contributed by atoms with Gasteiger partial charge in [-0.3, -0.25) is 4.79 Å². The first kappa shape index (κ1) is 36.8. The summed E-state index contributed by atoms with van der Waals surface area (Å²) in [5, 5.41) is 17.7. The molecule has 2 aromatic rings. The van der Waals surface area contributed by atoms with Crippen molar-refractivity contribution >= 4 is 23.7 Å². The second kappa shape index (κ2) is 12.5. The van der Waals surface area contributed by atoms with Gasteiger partial charge in [-0.2, -0.15) is 31.4 Å². The number of amides is 3. The van der Waals surface area contributed by atoms with Crippen LogP contribution in [0.3, 0.4) is 0 Å². The van der Waals surface area contributed by atoms with Crippen LogP contribution in [-0.4, -0.2) is 72.3 Å². The van der Waals surface area contributed by atoms with Crippen molar-refractivity contribution in [1.29, 1.82) is 0 Å². The predicted molar refractivity (Wildman–Crippen MR) is 150 cm³/mol. The van der Waals surface area contributed by atoms with Crippen LogP contribution in [-0.2, 0) is 14.3 Å². The third-order valence-corrected chi connectivity index (χ3v) is 7.27. The summed E-state index contributed by atoms with van der Waals surface area (Å²) in [7, 11) is 0. The number of imidazole rings is 1. The fourth-order valence-electron chi connectivity index (χ4n) is 4.71. The van der Waals surface area contributed by atoms with Crippen molar-refractivity contribution in [2.75, 3.05) is 0 Å². The van der Waals surface area contributed by atoms with Gasteiger partial charge in [-0.25, -0.2) is 24.0 Å². The van der Waals surface area contributed by atoms with E-state index in [0.29, 0.717) is 0 Å². The molecule has 0 spiro atoms. The quantitative estimate of drug-likeness (QED) is 0.324. The van der Waals surface area contributed by atoms with Gasteiger partial charge in [0.1, 0.15) is 17.2 Å². The number of nitrogens with one attached hydrogen (secondary N) is 1. The van der Waals surface area contributed by atoms with Crippen LogP contribution in [0.5, 0.6) is 0 Å². The Kier molecular flexibility index (Phi) is 10.0. The number of aliphatic hydroxyl groups is 1. The summed E-state index contributed by atoms with van der Waals surface area (Å²) in [5.74, 6) is -2.98. The number of nitrogens with zero attached hydrogens (tertiary/aromatic N) is 4. The molecule has 0 aromatic carbocycles. The van der Waals surface area contributed by atoms with E-state index in [2.05, 4.69) is 15.4 Å². The SMILES string of the molecule is CC(C)(C)OC(=O)N[C@@H](CCC(C)(C)C(F)(F)F)c1cn2ncc(C(O)C3C[C@@H](C(F)(F)F)N(C(=O)OC(C)(C)C)C3=O)cc2n1. The summed E-state index contributed by atoms with van der Waals surface area (Å²) >= 11 is 0. The normalized spacial score (nSPS) is 19.7. The second-order valence-corrected chi connectivity index (χ2v) is 13.9. The Morgan fingerprint density at radius 2 is 1.61 bits per heavy atom. The van der Waals surface area contributed by atoms with Crippen LogP contribution in [0.25, 0.3) is 5.65 Å². The summed E-state index contributed by atoms with van der Waals surface area (Å²) < 4.78 is 93.8. The molecule has 2 unspecified atom stereocenters. The Bertz CT molecular complexity index is 1440. The van der Waals surface area contributed by atoms with Crippen molar-refractivity contribution in [3.05, 3.63) is 29.7 Å². The number of halogens is 6. The molecule has 0 saturated carbocycles. The molecule has 0 radical (unpaired) electrons. The highest BCUT2D eigenvalue weighted by molar-refractivity contribution is 5.96. The highest BCUT2D eigenvalue weighted by atomic mass is 19.4. The molecule has 2 aromatic heterocycles. The number of alkyl halides is 6. The molecule has 3 amide bonds. The van der Waals surface area contributed by atoms with E-state index in [1.54, 1.807) is 20.8 Å². The van der Waals surface area contributed by atoms with E-state index in [9.17, 15) is 45.8 Å². The number of alkyl carbamates (subject to hydrolysis) is 1. The monoisotopic (exact) mass is 667 g/mol. The first-order chi connectivity index (χ1) is 20.7. The van der Waals surface area contributed by atoms with Gasteiger partial charge < -0.3 is 19.9 Å². The van der Waals surface area contributed by atoms with Crippen molar-refractivity contribution in [3.8, 4) is 0 Å². The first-order valence-corrected chi connectivity index (χ1v) is 14.4. The predicted octanol–water partition coefficient (Wildman–Crippen LogP) is 6.41. The van der Waals surface area contributed by atoms with Crippen LogP contribution < -0.4 is 5.32 Å². The molecule has 17 heteroatoms. The second-order valence-electron chi connectivity index (χ2n) is 13.9. The van der Waals surface area contributed by atoms with Gasteiger partial charge in [-0.15, -0.1) is 0 Å². The summed E-state index contributed by atoms with van der Waals surface area (Å²) in [6.45, 7) is 11.1. The third-order valence-electron chi connectivity index (χ3n) is 7.27. The first-order valence-electron chi connectivity index (χ1n) is 14.4. The van der Waals surface area contributed by atoms with Gasteiger partial charge in [0.2, 0.25) is 5.91 Å². The standard InChI is InChI=1S/C29H39F6N5O6/c1-25(2,3)45-23(43)38-17(9-10-27(7,8)29(33,34)35)18-14-39-20(37-18)11-15(13-36-39)21(41)16-12-19(28(30,31)32)40(22(16)42)24(44)46-26(4,5)6/h11,13-14,16-17,19,21,41H,9-10,12H2,1-8H3,(H,38,43)/t16?,17-,19-,21?/m0/s1. The van der Waals surface area contributed by atoms with E-state index < -0.39 is 84.0 Å². The van der Waals surface area contributed by atoms with Crippen LogP contribution >= 0.6 is 0 Å². The van der Waals surface area contributed by atoms with Gasteiger partial charge in [-0.05, 0) is 66.9 Å². The minimum absolute atomic E-state index is 0.0134. The number of hydrogen-bond acceptors (Lipinski definition) is 8. The Hall–Kier alpha value is -3.63. The van der Waals surface area contributed by atoms with Gasteiger partial charge in [-0.1, -0.05) is 13.8 Å².